The van der Waals surface area contributed by atoms with Crippen LogP contribution in [-0.2, 0) is 0 Å². The third-order valence-electron chi connectivity index (χ3n) is 3.09. The third-order valence-corrected chi connectivity index (χ3v) is 3.09. The van der Waals surface area contributed by atoms with Crippen LogP contribution in [0.3, 0.4) is 0 Å². The number of rotatable bonds is 5. The van der Waals surface area contributed by atoms with E-state index in [-0.39, 0.29) is 5.56 Å². The van der Waals surface area contributed by atoms with Gasteiger partial charge in [0.1, 0.15) is 0 Å². The highest BCUT2D eigenvalue weighted by atomic mass is 19.4. The molecule has 0 unspecified atom stereocenters. The number of hydrogen-bond donors (Lipinski definition) is 1. The van der Waals surface area contributed by atoms with E-state index in [0.717, 1.165) is 29.3 Å². The SMILES string of the molecule is CN(C)/N=C(/CC(O)(C(F)(F)F)C(F)(F)F)c1ccc([N+](=O)[O-])cc1. The summed E-state index contributed by atoms with van der Waals surface area (Å²) in [5.41, 5.74) is -6.39. The number of aliphatic hydroxyl groups is 1. The lowest BCUT2D eigenvalue weighted by Gasteiger charge is -2.32. The van der Waals surface area contributed by atoms with E-state index in [1.54, 1.807) is 0 Å². The molecule has 1 aromatic rings. The predicted molar refractivity (Wildman–Crippen MR) is 75.0 cm³/mol. The smallest absolute Gasteiger partial charge is 0.373 e. The van der Waals surface area contributed by atoms with Crippen LogP contribution in [0.5, 0.6) is 0 Å². The molecule has 0 atom stereocenters. The molecular formula is C13H13F6N3O3. The lowest BCUT2D eigenvalue weighted by Crippen LogP contribution is -2.58. The highest BCUT2D eigenvalue weighted by Gasteiger charge is 2.70. The van der Waals surface area contributed by atoms with E-state index < -0.39 is 40.7 Å². The van der Waals surface area contributed by atoms with Crippen molar-refractivity contribution in [1.82, 2.24) is 5.01 Å². The molecule has 0 spiro atoms. The van der Waals surface area contributed by atoms with E-state index in [2.05, 4.69) is 5.10 Å². The van der Waals surface area contributed by atoms with Crippen LogP contribution >= 0.6 is 0 Å². The average molecular weight is 373 g/mol. The summed E-state index contributed by atoms with van der Waals surface area (Å²) in [4.78, 5) is 9.80. The largest absolute Gasteiger partial charge is 0.426 e. The Morgan fingerprint density at radius 2 is 1.56 bits per heavy atom. The minimum Gasteiger partial charge on any atom is -0.373 e. The van der Waals surface area contributed by atoms with Crippen LogP contribution in [0.1, 0.15) is 12.0 Å². The molecule has 0 saturated carbocycles. The van der Waals surface area contributed by atoms with Crippen LogP contribution in [0.15, 0.2) is 29.4 Å². The zero-order valence-corrected chi connectivity index (χ0v) is 12.9. The maximum absolute atomic E-state index is 12.9. The summed E-state index contributed by atoms with van der Waals surface area (Å²) < 4.78 is 77.1. The van der Waals surface area contributed by atoms with Gasteiger partial charge >= 0.3 is 12.4 Å². The lowest BCUT2D eigenvalue weighted by atomic mass is 9.91. The zero-order chi connectivity index (χ0) is 19.6. The van der Waals surface area contributed by atoms with Crippen LogP contribution < -0.4 is 0 Å². The van der Waals surface area contributed by atoms with Gasteiger partial charge in [-0.2, -0.15) is 31.4 Å². The van der Waals surface area contributed by atoms with Crippen LogP contribution in [-0.4, -0.2) is 52.8 Å². The highest BCUT2D eigenvalue weighted by molar-refractivity contribution is 6.01. The first kappa shape index (κ1) is 20.7. The van der Waals surface area contributed by atoms with Gasteiger partial charge in [-0.25, -0.2) is 0 Å². The Hall–Kier alpha value is -2.37. The molecule has 25 heavy (non-hydrogen) atoms. The number of non-ortho nitro benzene ring substituents is 1. The minimum absolute atomic E-state index is 0.230. The Morgan fingerprint density at radius 1 is 1.12 bits per heavy atom. The Morgan fingerprint density at radius 3 is 1.88 bits per heavy atom. The first-order chi connectivity index (χ1) is 11.2. The number of alkyl halides is 6. The molecule has 0 aromatic heterocycles. The van der Waals surface area contributed by atoms with Gasteiger partial charge in [-0.05, 0) is 17.7 Å². The van der Waals surface area contributed by atoms with Crippen molar-refractivity contribution >= 4 is 11.4 Å². The summed E-state index contributed by atoms with van der Waals surface area (Å²) in [6.45, 7) is 0. The zero-order valence-electron chi connectivity index (χ0n) is 12.9. The molecule has 0 saturated heterocycles. The van der Waals surface area contributed by atoms with Crippen LogP contribution in [0, 0.1) is 10.1 Å². The number of hydrogen-bond acceptors (Lipinski definition) is 5. The van der Waals surface area contributed by atoms with Crippen molar-refractivity contribution in [2.45, 2.75) is 24.4 Å². The van der Waals surface area contributed by atoms with Gasteiger partial charge < -0.3 is 10.1 Å². The molecule has 0 heterocycles. The van der Waals surface area contributed by atoms with E-state index in [1.165, 1.54) is 14.1 Å². The monoisotopic (exact) mass is 373 g/mol. The molecule has 0 aliphatic carbocycles. The molecule has 140 valence electrons. The van der Waals surface area contributed by atoms with Gasteiger partial charge in [0.25, 0.3) is 11.3 Å². The number of nitro benzene ring substituents is 1. The number of halogens is 6. The predicted octanol–water partition coefficient (Wildman–Crippen LogP) is 3.11. The fourth-order valence-electron chi connectivity index (χ4n) is 1.82. The van der Waals surface area contributed by atoms with E-state index >= 15 is 0 Å². The molecule has 0 aliphatic rings. The van der Waals surface area contributed by atoms with Gasteiger partial charge in [0.15, 0.2) is 0 Å². The fraction of sp³-hybridized carbons (Fsp3) is 0.462. The number of benzene rings is 1. The second-order valence-electron chi connectivity index (χ2n) is 5.23. The quantitative estimate of drug-likeness (QED) is 0.372. The number of nitro groups is 1. The van der Waals surface area contributed by atoms with Gasteiger partial charge in [-0.3, -0.25) is 10.1 Å². The van der Waals surface area contributed by atoms with Crippen molar-refractivity contribution in [2.75, 3.05) is 14.1 Å². The first-order valence-electron chi connectivity index (χ1n) is 6.54. The van der Waals surface area contributed by atoms with Crippen molar-refractivity contribution in [3.8, 4) is 0 Å². The van der Waals surface area contributed by atoms with Gasteiger partial charge in [0, 0.05) is 32.6 Å². The lowest BCUT2D eigenvalue weighted by molar-refractivity contribution is -0.384. The van der Waals surface area contributed by atoms with Crippen molar-refractivity contribution in [3.63, 3.8) is 0 Å². The van der Waals surface area contributed by atoms with Gasteiger partial charge in [-0.15, -0.1) is 0 Å². The summed E-state index contributed by atoms with van der Waals surface area (Å²) >= 11 is 0. The maximum atomic E-state index is 12.9. The summed E-state index contributed by atoms with van der Waals surface area (Å²) in [7, 11) is 2.51. The van der Waals surface area contributed by atoms with Crippen molar-refractivity contribution in [1.29, 1.82) is 0 Å². The fourth-order valence-corrected chi connectivity index (χ4v) is 1.82. The van der Waals surface area contributed by atoms with Crippen LogP contribution in [0.2, 0.25) is 0 Å². The molecule has 1 N–H and O–H groups in total. The third kappa shape index (κ3) is 4.59. The second kappa shape index (κ2) is 6.86. The standard InChI is InChI=1S/C13H13F6N3O3/c1-21(2)20-10(8-3-5-9(6-4-8)22(24)25)7-11(23,12(14,15)16)13(17,18)19/h3-6,23H,7H2,1-2H3/b20-10-. The average Bonchev–Trinajstić information content (AvgIpc) is 2.43. The molecule has 0 bridgehead atoms. The molecule has 0 fully saturated rings. The Kier molecular flexibility index (Phi) is 5.67. The van der Waals surface area contributed by atoms with E-state index in [0.29, 0.717) is 0 Å². The molecule has 12 heteroatoms. The first-order valence-corrected chi connectivity index (χ1v) is 6.54. The van der Waals surface area contributed by atoms with E-state index in [9.17, 15) is 41.6 Å². The molecule has 1 aromatic carbocycles. The minimum atomic E-state index is -6.00. The summed E-state index contributed by atoms with van der Waals surface area (Å²) in [6.07, 6.45) is -13.9. The molecule has 6 nitrogen and oxygen atoms in total. The van der Waals surface area contributed by atoms with Crippen LogP contribution in [0.25, 0.3) is 0 Å². The molecular weight excluding hydrogens is 360 g/mol. The molecule has 0 radical (unpaired) electrons. The Balaban J connectivity index is 3.39. The molecule has 0 amide bonds. The second-order valence-corrected chi connectivity index (χ2v) is 5.23. The normalized spacial score (nSPS) is 13.7. The number of hydrazone groups is 1. The topological polar surface area (TPSA) is 79.0 Å². The Bertz CT molecular complexity index is 638. The van der Waals surface area contributed by atoms with Crippen molar-refractivity contribution < 1.29 is 36.4 Å². The van der Waals surface area contributed by atoms with Crippen molar-refractivity contribution in [2.24, 2.45) is 5.10 Å². The van der Waals surface area contributed by atoms with Gasteiger partial charge in [0.2, 0.25) is 0 Å². The molecule has 0 aliphatic heterocycles. The number of nitrogens with zero attached hydrogens (tertiary/aromatic N) is 3. The van der Waals surface area contributed by atoms with E-state index in [4.69, 9.17) is 0 Å². The van der Waals surface area contributed by atoms with Gasteiger partial charge in [-0.1, -0.05) is 0 Å². The maximum Gasteiger partial charge on any atom is 0.426 e. The molecule has 1 rings (SSSR count). The van der Waals surface area contributed by atoms with Gasteiger partial charge in [0.05, 0.1) is 10.6 Å². The van der Waals surface area contributed by atoms with Crippen molar-refractivity contribution in [3.05, 3.63) is 39.9 Å². The highest BCUT2D eigenvalue weighted by Crippen LogP contribution is 2.45. The summed E-state index contributed by atoms with van der Waals surface area (Å²) in [6, 6.07) is 3.71. The van der Waals surface area contributed by atoms with E-state index in [1.807, 2.05) is 0 Å². The summed E-state index contributed by atoms with van der Waals surface area (Å²) in [5, 5.41) is 24.4. The summed E-state index contributed by atoms with van der Waals surface area (Å²) in [5.74, 6) is 0. The van der Waals surface area contributed by atoms with Crippen LogP contribution in [0.4, 0.5) is 32.0 Å². The Labute approximate surface area is 137 Å².